The Kier molecular flexibility index (Phi) is 4.59. The van der Waals surface area contributed by atoms with E-state index in [0.717, 1.165) is 0 Å². The molecule has 21 heavy (non-hydrogen) atoms. The maximum absolute atomic E-state index is 11.2. The van der Waals surface area contributed by atoms with Gasteiger partial charge in [0.1, 0.15) is 0 Å². The molecule has 1 N–H and O–H groups in total. The van der Waals surface area contributed by atoms with Gasteiger partial charge in [0, 0.05) is 0 Å². The van der Waals surface area contributed by atoms with Gasteiger partial charge in [-0.05, 0) is 0 Å². The summed E-state index contributed by atoms with van der Waals surface area (Å²) >= 11 is -0.406. The molecule has 6 heteroatoms. The number of aryl methyl sites for hydroxylation is 1. The first-order chi connectivity index (χ1) is 10.1. The van der Waals surface area contributed by atoms with Crippen molar-refractivity contribution in [3.8, 4) is 22.0 Å². The number of hydrogen-bond acceptors (Lipinski definition) is 4. The molecule has 0 bridgehead atoms. The van der Waals surface area contributed by atoms with Crippen LogP contribution in [0.15, 0.2) is 30.9 Å². The second kappa shape index (κ2) is 6.40. The van der Waals surface area contributed by atoms with Gasteiger partial charge in [0.15, 0.2) is 0 Å². The van der Waals surface area contributed by atoms with Crippen LogP contribution in [0, 0.1) is 18.3 Å². The molecule has 0 aliphatic carbocycles. The molecule has 106 valence electrons. The Morgan fingerprint density at radius 1 is 1.62 bits per heavy atom. The van der Waals surface area contributed by atoms with Gasteiger partial charge < -0.3 is 0 Å². The Morgan fingerprint density at radius 3 is 2.95 bits per heavy atom. The number of ether oxygens (including phenoxy) is 1. The van der Waals surface area contributed by atoms with Crippen molar-refractivity contribution in [2.45, 2.75) is 6.92 Å². The second-order valence-corrected chi connectivity index (χ2v) is 6.23. The molecule has 0 spiro atoms. The average Bonchev–Trinajstić information content (AvgIpc) is 2.86. The number of carboxylic acids is 1. The quantitative estimate of drug-likeness (QED) is 0.663. The van der Waals surface area contributed by atoms with Crippen LogP contribution in [0.4, 0.5) is 0 Å². The fourth-order valence-corrected chi connectivity index (χ4v) is 3.75. The third-order valence-corrected chi connectivity index (χ3v) is 5.18. The standard InChI is InChI=1S/C15H12N2O3Se/c1-3-7-20-12-10(8-16)5-4-6-11(12)14-17-9(2)13(21-14)15(18)19/h3-6H,1,7H2,2H3,(H,18,19). The van der Waals surface area contributed by atoms with Crippen molar-refractivity contribution in [1.29, 1.82) is 5.26 Å². The minimum atomic E-state index is -0.948. The number of carboxylic acid groups (broad SMARTS) is 1. The van der Waals surface area contributed by atoms with Gasteiger partial charge in [0.05, 0.1) is 0 Å². The average molecular weight is 347 g/mol. The summed E-state index contributed by atoms with van der Waals surface area (Å²) in [5, 5.41) is 18.3. The monoisotopic (exact) mass is 348 g/mol. The summed E-state index contributed by atoms with van der Waals surface area (Å²) in [6, 6.07) is 7.26. The molecule has 2 aromatic rings. The first-order valence-electron chi connectivity index (χ1n) is 6.06. The van der Waals surface area contributed by atoms with Gasteiger partial charge in [-0.1, -0.05) is 0 Å². The maximum atomic E-state index is 11.2. The summed E-state index contributed by atoms with van der Waals surface area (Å²) in [5.74, 6) is -0.517. The molecule has 0 atom stereocenters. The molecule has 0 radical (unpaired) electrons. The number of rotatable bonds is 5. The summed E-state index contributed by atoms with van der Waals surface area (Å²) in [7, 11) is 0. The van der Waals surface area contributed by atoms with Crippen LogP contribution >= 0.6 is 0 Å². The Balaban J connectivity index is 2.58. The van der Waals surface area contributed by atoms with Crippen molar-refractivity contribution in [2.24, 2.45) is 0 Å². The Hall–Kier alpha value is -2.35. The van der Waals surface area contributed by atoms with Crippen molar-refractivity contribution in [3.63, 3.8) is 0 Å². The summed E-state index contributed by atoms with van der Waals surface area (Å²) < 4.78 is 6.56. The van der Waals surface area contributed by atoms with Gasteiger partial charge in [-0.3, -0.25) is 0 Å². The number of aromatic carboxylic acids is 1. The second-order valence-electron chi connectivity index (χ2n) is 4.13. The van der Waals surface area contributed by atoms with Gasteiger partial charge in [-0.15, -0.1) is 0 Å². The molecule has 0 fully saturated rings. The first kappa shape index (κ1) is 15.0. The Morgan fingerprint density at radius 2 is 2.38 bits per heavy atom. The van der Waals surface area contributed by atoms with Crippen LogP contribution in [0.5, 0.6) is 5.75 Å². The van der Waals surface area contributed by atoms with Crippen LogP contribution in [-0.2, 0) is 0 Å². The zero-order chi connectivity index (χ0) is 15.4. The number of para-hydroxylation sites is 1. The number of nitriles is 1. The zero-order valence-corrected chi connectivity index (χ0v) is 13.0. The summed E-state index contributed by atoms with van der Waals surface area (Å²) in [6.45, 7) is 5.53. The molecule has 1 aromatic heterocycles. The molecule has 0 aliphatic heterocycles. The van der Waals surface area contributed by atoms with Crippen LogP contribution < -0.4 is 4.74 Å². The van der Waals surface area contributed by atoms with Crippen molar-refractivity contribution in [1.82, 2.24) is 4.98 Å². The third-order valence-electron chi connectivity index (χ3n) is 2.70. The van der Waals surface area contributed by atoms with E-state index in [4.69, 9.17) is 9.84 Å². The van der Waals surface area contributed by atoms with Gasteiger partial charge in [0.25, 0.3) is 0 Å². The summed E-state index contributed by atoms with van der Waals surface area (Å²) in [4.78, 5) is 15.5. The van der Waals surface area contributed by atoms with E-state index in [0.29, 0.717) is 31.6 Å². The molecule has 2 rings (SSSR count). The molecule has 0 aliphatic rings. The van der Waals surface area contributed by atoms with Crippen LogP contribution in [0.25, 0.3) is 10.1 Å². The van der Waals surface area contributed by atoms with Gasteiger partial charge in [-0.25, -0.2) is 0 Å². The number of aromatic nitrogens is 1. The number of carbonyl (C=O) groups is 1. The van der Waals surface area contributed by atoms with E-state index in [9.17, 15) is 10.1 Å². The fraction of sp³-hybridized carbons (Fsp3) is 0.133. The normalized spacial score (nSPS) is 9.90. The van der Waals surface area contributed by atoms with Crippen LogP contribution in [0.2, 0.25) is 0 Å². The number of nitrogens with zero attached hydrogens (tertiary/aromatic N) is 2. The van der Waals surface area contributed by atoms with Gasteiger partial charge in [0.2, 0.25) is 0 Å². The Bertz CT molecular complexity index is 744. The zero-order valence-electron chi connectivity index (χ0n) is 11.3. The molecular weight excluding hydrogens is 335 g/mol. The molecule has 0 saturated carbocycles. The van der Waals surface area contributed by atoms with E-state index < -0.39 is 20.5 Å². The van der Waals surface area contributed by atoms with E-state index in [1.807, 2.05) is 0 Å². The molecule has 1 aromatic carbocycles. The topological polar surface area (TPSA) is 83.2 Å². The van der Waals surface area contributed by atoms with Crippen LogP contribution in [0.3, 0.4) is 0 Å². The molecular formula is C15H12N2O3Se. The number of hydrogen-bond donors (Lipinski definition) is 1. The van der Waals surface area contributed by atoms with Gasteiger partial charge in [-0.2, -0.15) is 0 Å². The molecule has 0 saturated heterocycles. The van der Waals surface area contributed by atoms with Gasteiger partial charge >= 0.3 is 127 Å². The van der Waals surface area contributed by atoms with E-state index in [-0.39, 0.29) is 6.61 Å². The molecule has 0 amide bonds. The van der Waals surface area contributed by atoms with Crippen molar-refractivity contribution >= 4 is 20.5 Å². The van der Waals surface area contributed by atoms with Crippen molar-refractivity contribution in [3.05, 3.63) is 46.5 Å². The van der Waals surface area contributed by atoms with E-state index in [2.05, 4.69) is 17.6 Å². The minimum absolute atomic E-state index is 0.268. The molecule has 5 nitrogen and oxygen atoms in total. The van der Waals surface area contributed by atoms with Crippen LogP contribution in [0.1, 0.15) is 20.5 Å². The summed E-state index contributed by atoms with van der Waals surface area (Å²) in [6.07, 6.45) is 1.59. The molecule has 0 unspecified atom stereocenters. The van der Waals surface area contributed by atoms with E-state index in [1.54, 1.807) is 31.2 Å². The van der Waals surface area contributed by atoms with Crippen molar-refractivity contribution in [2.75, 3.05) is 6.61 Å². The van der Waals surface area contributed by atoms with E-state index >= 15 is 0 Å². The number of benzene rings is 1. The van der Waals surface area contributed by atoms with Crippen molar-refractivity contribution < 1.29 is 14.6 Å². The Labute approximate surface area is 127 Å². The molecule has 1 heterocycles. The fourth-order valence-electron chi connectivity index (χ4n) is 1.80. The predicted octanol–water partition coefficient (Wildman–Crippen LogP) is 2.25. The van der Waals surface area contributed by atoms with Crippen LogP contribution in [-0.4, -0.2) is 37.2 Å². The SMILES string of the molecule is C=CCOc1c(C#N)cccc1-c1nc(C)c(C(=O)O)[se]1. The third kappa shape index (κ3) is 3.05. The van der Waals surface area contributed by atoms with E-state index in [1.165, 1.54) is 0 Å². The predicted molar refractivity (Wildman–Crippen MR) is 78.7 cm³/mol. The summed E-state index contributed by atoms with van der Waals surface area (Å²) in [5.41, 5.74) is 1.58. The first-order valence-corrected chi connectivity index (χ1v) is 7.77.